The fraction of sp³-hybridized carbons (Fsp3) is 0.714. The number of hydrogen-bond acceptors (Lipinski definition) is 0. The van der Waals surface area contributed by atoms with Crippen LogP contribution in [0.15, 0.2) is 36.5 Å². The molecule has 0 aromatic carbocycles. The normalized spacial score (nSPS) is 16.5. The lowest BCUT2D eigenvalue weighted by Crippen LogP contribution is -2.15. The van der Waals surface area contributed by atoms with E-state index in [4.69, 9.17) is 0 Å². The van der Waals surface area contributed by atoms with Crippen LogP contribution in [0.2, 0.25) is 0 Å². The molecule has 0 aliphatic heterocycles. The van der Waals surface area contributed by atoms with E-state index in [2.05, 4.69) is 79.3 Å². The van der Waals surface area contributed by atoms with Gasteiger partial charge >= 0.3 is 0 Å². The summed E-state index contributed by atoms with van der Waals surface area (Å²) in [6.45, 7) is 20.1. The lowest BCUT2D eigenvalue weighted by atomic mass is 9.78. The zero-order chi connectivity index (χ0) is 16.5. The maximum absolute atomic E-state index is 3.93. The lowest BCUT2D eigenvalue weighted by Gasteiger charge is -2.28. The molecular formula is C21H38. The van der Waals surface area contributed by atoms with E-state index in [-0.39, 0.29) is 0 Å². The summed E-state index contributed by atoms with van der Waals surface area (Å²) < 4.78 is 0. The summed E-state index contributed by atoms with van der Waals surface area (Å²) in [5.74, 6) is 1.99. The van der Waals surface area contributed by atoms with E-state index in [0.29, 0.717) is 17.3 Å². The smallest absolute Gasteiger partial charge is 0.0230 e. The third kappa shape index (κ3) is 10.6. The Morgan fingerprint density at radius 1 is 1.10 bits per heavy atom. The van der Waals surface area contributed by atoms with Crippen LogP contribution >= 0.6 is 0 Å². The Morgan fingerprint density at radius 3 is 2.19 bits per heavy atom. The molecule has 0 amide bonds. The van der Waals surface area contributed by atoms with Crippen molar-refractivity contribution in [3.05, 3.63) is 36.5 Å². The highest BCUT2D eigenvalue weighted by molar-refractivity contribution is 5.21. The third-order valence-electron chi connectivity index (χ3n) is 4.09. The van der Waals surface area contributed by atoms with Crippen LogP contribution in [0.5, 0.6) is 0 Å². The molecule has 0 aliphatic carbocycles. The molecule has 0 fully saturated rings. The fourth-order valence-electron chi connectivity index (χ4n) is 2.59. The van der Waals surface area contributed by atoms with E-state index in [9.17, 15) is 0 Å². The highest BCUT2D eigenvalue weighted by Crippen LogP contribution is 2.33. The van der Waals surface area contributed by atoms with Gasteiger partial charge in [-0.15, -0.1) is 6.58 Å². The van der Waals surface area contributed by atoms with Gasteiger partial charge in [-0.25, -0.2) is 0 Å². The summed E-state index contributed by atoms with van der Waals surface area (Å²) >= 11 is 0. The van der Waals surface area contributed by atoms with Gasteiger partial charge in [-0.2, -0.15) is 0 Å². The minimum atomic E-state index is 0.330. The van der Waals surface area contributed by atoms with Gasteiger partial charge in [0.05, 0.1) is 0 Å². The molecule has 0 N–H and O–H groups in total. The van der Waals surface area contributed by atoms with Crippen LogP contribution in [-0.4, -0.2) is 0 Å². The van der Waals surface area contributed by atoms with Crippen LogP contribution in [0, 0.1) is 23.2 Å². The first-order valence-electron chi connectivity index (χ1n) is 8.70. The van der Waals surface area contributed by atoms with E-state index >= 15 is 0 Å². The van der Waals surface area contributed by atoms with Gasteiger partial charge in [0.15, 0.2) is 0 Å². The van der Waals surface area contributed by atoms with Crippen LogP contribution in [0.3, 0.4) is 0 Å². The number of rotatable bonds is 10. The second-order valence-corrected chi connectivity index (χ2v) is 7.91. The second-order valence-electron chi connectivity index (χ2n) is 7.91. The topological polar surface area (TPSA) is 0 Å². The Labute approximate surface area is 134 Å². The van der Waals surface area contributed by atoms with Crippen molar-refractivity contribution in [2.75, 3.05) is 0 Å². The van der Waals surface area contributed by atoms with Gasteiger partial charge in [0.25, 0.3) is 0 Å². The molecule has 0 bridgehead atoms. The fourth-order valence-corrected chi connectivity index (χ4v) is 2.59. The van der Waals surface area contributed by atoms with Gasteiger partial charge in [-0.1, -0.05) is 84.8 Å². The van der Waals surface area contributed by atoms with Gasteiger partial charge in [0.2, 0.25) is 0 Å². The lowest BCUT2D eigenvalue weighted by molar-refractivity contribution is 0.300. The van der Waals surface area contributed by atoms with Crippen molar-refractivity contribution in [2.24, 2.45) is 23.2 Å². The van der Waals surface area contributed by atoms with Crippen molar-refractivity contribution in [1.82, 2.24) is 0 Å². The monoisotopic (exact) mass is 290 g/mol. The van der Waals surface area contributed by atoms with Gasteiger partial charge < -0.3 is 0 Å². The molecule has 2 atom stereocenters. The number of allylic oxidation sites excluding steroid dienone is 5. The average molecular weight is 291 g/mol. The van der Waals surface area contributed by atoms with Crippen molar-refractivity contribution in [1.29, 1.82) is 0 Å². The first kappa shape index (κ1) is 20.2. The molecule has 0 saturated carbocycles. The van der Waals surface area contributed by atoms with Gasteiger partial charge in [-0.05, 0) is 42.4 Å². The Hall–Kier alpha value is -0.780. The van der Waals surface area contributed by atoms with Crippen molar-refractivity contribution in [2.45, 2.75) is 74.1 Å². The Kier molecular flexibility index (Phi) is 9.66. The molecule has 0 heteroatoms. The van der Waals surface area contributed by atoms with Crippen LogP contribution in [0.25, 0.3) is 0 Å². The largest absolute Gasteiger partial charge is 0.103 e. The number of hydrogen-bond donors (Lipinski definition) is 0. The molecule has 0 spiro atoms. The molecular weight excluding hydrogens is 252 g/mol. The first-order chi connectivity index (χ1) is 9.70. The third-order valence-corrected chi connectivity index (χ3v) is 4.09. The van der Waals surface area contributed by atoms with Crippen molar-refractivity contribution in [3.8, 4) is 0 Å². The predicted octanol–water partition coefficient (Wildman–Crippen LogP) is 7.19. The van der Waals surface area contributed by atoms with E-state index in [1.54, 1.807) is 0 Å². The van der Waals surface area contributed by atoms with Gasteiger partial charge in [-0.3, -0.25) is 0 Å². The van der Waals surface area contributed by atoms with Crippen LogP contribution < -0.4 is 0 Å². The molecule has 0 heterocycles. The molecule has 0 radical (unpaired) electrons. The van der Waals surface area contributed by atoms with Crippen molar-refractivity contribution in [3.63, 3.8) is 0 Å². The van der Waals surface area contributed by atoms with Crippen molar-refractivity contribution >= 4 is 0 Å². The summed E-state index contributed by atoms with van der Waals surface area (Å²) in [5.41, 5.74) is 1.83. The summed E-state index contributed by atoms with van der Waals surface area (Å²) in [4.78, 5) is 0. The predicted molar refractivity (Wildman–Crippen MR) is 98.5 cm³/mol. The maximum Gasteiger partial charge on any atom is -0.0230 e. The summed E-state index contributed by atoms with van der Waals surface area (Å²) in [7, 11) is 0. The van der Waals surface area contributed by atoms with Crippen LogP contribution in [-0.2, 0) is 0 Å². The van der Waals surface area contributed by atoms with E-state index in [0.717, 1.165) is 12.3 Å². The van der Waals surface area contributed by atoms with Crippen LogP contribution in [0.4, 0.5) is 0 Å². The quantitative estimate of drug-likeness (QED) is 0.295. The summed E-state index contributed by atoms with van der Waals surface area (Å²) in [6, 6.07) is 0. The Morgan fingerprint density at radius 2 is 1.71 bits per heavy atom. The zero-order valence-corrected chi connectivity index (χ0v) is 15.6. The molecule has 0 aromatic rings. The zero-order valence-electron chi connectivity index (χ0n) is 15.6. The van der Waals surface area contributed by atoms with E-state index in [1.807, 2.05) is 0 Å². The molecule has 0 saturated heterocycles. The molecule has 122 valence electrons. The molecule has 2 unspecified atom stereocenters. The maximum atomic E-state index is 3.93. The first-order valence-corrected chi connectivity index (χ1v) is 8.70. The van der Waals surface area contributed by atoms with Crippen LogP contribution in [0.1, 0.15) is 74.1 Å². The van der Waals surface area contributed by atoms with Gasteiger partial charge in [0.1, 0.15) is 0 Å². The highest BCUT2D eigenvalue weighted by Gasteiger charge is 2.21. The minimum absolute atomic E-state index is 0.330. The second kappa shape index (κ2) is 10.0. The summed E-state index contributed by atoms with van der Waals surface area (Å²) in [5, 5.41) is 0. The minimum Gasteiger partial charge on any atom is -0.103 e. The summed E-state index contributed by atoms with van der Waals surface area (Å²) in [6.07, 6.45) is 14.0. The van der Waals surface area contributed by atoms with E-state index in [1.165, 1.54) is 24.8 Å². The molecule has 0 aromatic heterocycles. The average Bonchev–Trinajstić information content (AvgIpc) is 2.40. The Balaban J connectivity index is 4.91. The Bertz CT molecular complexity index is 341. The van der Waals surface area contributed by atoms with Gasteiger partial charge in [0, 0.05) is 0 Å². The molecule has 0 rings (SSSR count). The van der Waals surface area contributed by atoms with Crippen molar-refractivity contribution < 1.29 is 0 Å². The highest BCUT2D eigenvalue weighted by atomic mass is 14.3. The molecule has 21 heavy (non-hydrogen) atoms. The molecule has 0 aliphatic rings. The standard InChI is InChI=1S/C21H38/c1-9-18(5)12-14-20(13-11-17(3)4)16-21(7,8)15-19(6)10-2/h10,12-14,17-19H,2,9,11,15-16H2,1,3-8H3. The SMILES string of the molecule is C=CC(C)CC(C)(C)CC(C=CC(C)CC)=CCC(C)C. The molecule has 0 nitrogen and oxygen atoms in total. The van der Waals surface area contributed by atoms with E-state index < -0.39 is 0 Å².